The van der Waals surface area contributed by atoms with Crippen LogP contribution in [0.4, 0.5) is 17.1 Å². The standard InChI is InChI=1S/C50H33NO/c1-3-12-34(13-4-1)39-17-9-19-42(32-39)51(43-20-10-18-40(33-43)35-14-5-2-6-15-35)41-29-26-37(27-30-41)45-22-11-23-46-47-31-28-38-25-24-36-16-7-8-21-44(36)48(38)50(47)52-49(45)46/h1-33H. The first-order chi connectivity index (χ1) is 25.8. The van der Waals surface area contributed by atoms with Crippen molar-refractivity contribution < 1.29 is 4.42 Å². The van der Waals surface area contributed by atoms with Gasteiger partial charge in [0.05, 0.1) is 0 Å². The summed E-state index contributed by atoms with van der Waals surface area (Å²) < 4.78 is 6.88. The number of benzene rings is 9. The number of anilines is 3. The smallest absolute Gasteiger partial charge is 0.143 e. The zero-order valence-electron chi connectivity index (χ0n) is 28.4. The third kappa shape index (κ3) is 5.12. The van der Waals surface area contributed by atoms with Crippen molar-refractivity contribution in [1.29, 1.82) is 0 Å². The number of furan rings is 1. The molecule has 10 rings (SSSR count). The molecule has 0 N–H and O–H groups in total. The molecule has 0 amide bonds. The second-order valence-corrected chi connectivity index (χ2v) is 13.3. The lowest BCUT2D eigenvalue weighted by Crippen LogP contribution is -2.10. The Balaban J connectivity index is 1.11. The molecule has 0 radical (unpaired) electrons. The lowest BCUT2D eigenvalue weighted by Gasteiger charge is -2.27. The maximum absolute atomic E-state index is 6.88. The normalized spacial score (nSPS) is 11.5. The number of para-hydroxylation sites is 1. The fraction of sp³-hybridized carbons (Fsp3) is 0. The van der Waals surface area contributed by atoms with E-state index >= 15 is 0 Å². The van der Waals surface area contributed by atoms with Crippen LogP contribution in [0.3, 0.4) is 0 Å². The van der Waals surface area contributed by atoms with E-state index in [-0.39, 0.29) is 0 Å². The van der Waals surface area contributed by atoms with Crippen molar-refractivity contribution in [3.63, 3.8) is 0 Å². The zero-order valence-corrected chi connectivity index (χ0v) is 28.4. The molecule has 0 fully saturated rings. The summed E-state index contributed by atoms with van der Waals surface area (Å²) in [4.78, 5) is 2.35. The van der Waals surface area contributed by atoms with E-state index in [0.29, 0.717) is 0 Å². The van der Waals surface area contributed by atoms with Gasteiger partial charge in [0.25, 0.3) is 0 Å². The van der Waals surface area contributed by atoms with E-state index < -0.39 is 0 Å². The lowest BCUT2D eigenvalue weighted by atomic mass is 9.98. The molecule has 0 aliphatic carbocycles. The van der Waals surface area contributed by atoms with E-state index in [2.05, 4.69) is 205 Å². The van der Waals surface area contributed by atoms with Crippen molar-refractivity contribution in [2.24, 2.45) is 0 Å². The molecule has 0 aliphatic rings. The maximum atomic E-state index is 6.88. The monoisotopic (exact) mass is 663 g/mol. The third-order valence-electron chi connectivity index (χ3n) is 10.2. The van der Waals surface area contributed by atoms with Gasteiger partial charge in [0.2, 0.25) is 0 Å². The minimum absolute atomic E-state index is 0.911. The van der Waals surface area contributed by atoms with Crippen molar-refractivity contribution in [1.82, 2.24) is 0 Å². The number of nitrogens with zero attached hydrogens (tertiary/aromatic N) is 1. The molecule has 2 heteroatoms. The molecule has 9 aromatic carbocycles. The van der Waals surface area contributed by atoms with Crippen molar-refractivity contribution in [2.75, 3.05) is 4.90 Å². The first kappa shape index (κ1) is 30.0. The predicted molar refractivity (Wildman–Crippen MR) is 220 cm³/mol. The van der Waals surface area contributed by atoms with Crippen LogP contribution in [0.5, 0.6) is 0 Å². The molecule has 0 aliphatic heterocycles. The molecule has 0 atom stereocenters. The van der Waals surface area contributed by atoms with Gasteiger partial charge in [-0.05, 0) is 86.4 Å². The first-order valence-corrected chi connectivity index (χ1v) is 17.8. The number of fused-ring (bicyclic) bond motifs is 7. The SMILES string of the molecule is c1ccc(-c2cccc(N(c3ccc(-c4cccc5c4oc4c5ccc5ccc6ccccc6c54)cc3)c3cccc(-c4ccccc4)c3)c2)cc1. The number of hydrogen-bond donors (Lipinski definition) is 0. The summed E-state index contributed by atoms with van der Waals surface area (Å²) in [6.45, 7) is 0. The third-order valence-corrected chi connectivity index (χ3v) is 10.2. The zero-order chi connectivity index (χ0) is 34.4. The van der Waals surface area contributed by atoms with Gasteiger partial charge in [0, 0.05) is 38.8 Å². The van der Waals surface area contributed by atoms with Crippen LogP contribution >= 0.6 is 0 Å². The highest BCUT2D eigenvalue weighted by molar-refractivity contribution is 6.24. The van der Waals surface area contributed by atoms with E-state index in [4.69, 9.17) is 4.42 Å². The Labute approximate surface area is 302 Å². The van der Waals surface area contributed by atoms with Gasteiger partial charge < -0.3 is 9.32 Å². The van der Waals surface area contributed by atoms with Crippen LogP contribution in [0.2, 0.25) is 0 Å². The van der Waals surface area contributed by atoms with Crippen LogP contribution in [-0.2, 0) is 0 Å². The average Bonchev–Trinajstić information content (AvgIpc) is 3.61. The summed E-state index contributed by atoms with van der Waals surface area (Å²) in [6.07, 6.45) is 0. The molecule has 2 nitrogen and oxygen atoms in total. The van der Waals surface area contributed by atoms with Gasteiger partial charge in [-0.15, -0.1) is 0 Å². The summed E-state index contributed by atoms with van der Waals surface area (Å²) in [5.74, 6) is 0. The van der Waals surface area contributed by atoms with Crippen LogP contribution in [0.25, 0.3) is 76.9 Å². The summed E-state index contributed by atoms with van der Waals surface area (Å²) in [5.41, 5.74) is 12.0. The molecular weight excluding hydrogens is 631 g/mol. The Hall–Kier alpha value is -6.90. The van der Waals surface area contributed by atoms with Crippen LogP contribution in [0.1, 0.15) is 0 Å². The van der Waals surface area contributed by atoms with Crippen molar-refractivity contribution >= 4 is 60.5 Å². The molecule has 52 heavy (non-hydrogen) atoms. The Morgan fingerprint density at radius 2 is 0.846 bits per heavy atom. The van der Waals surface area contributed by atoms with Gasteiger partial charge in [-0.1, -0.05) is 158 Å². The van der Waals surface area contributed by atoms with Crippen LogP contribution in [0, 0.1) is 0 Å². The van der Waals surface area contributed by atoms with Gasteiger partial charge in [0.1, 0.15) is 11.2 Å². The van der Waals surface area contributed by atoms with Gasteiger partial charge in [-0.2, -0.15) is 0 Å². The van der Waals surface area contributed by atoms with Crippen LogP contribution in [-0.4, -0.2) is 0 Å². The molecule has 10 aromatic rings. The number of hydrogen-bond acceptors (Lipinski definition) is 2. The second-order valence-electron chi connectivity index (χ2n) is 13.3. The van der Waals surface area contributed by atoms with E-state index in [1.165, 1.54) is 43.8 Å². The molecule has 0 bridgehead atoms. The molecule has 1 aromatic heterocycles. The van der Waals surface area contributed by atoms with Crippen LogP contribution < -0.4 is 4.90 Å². The Kier molecular flexibility index (Phi) is 7.18. The Bertz CT molecular complexity index is 2810. The number of rotatable bonds is 6. The van der Waals surface area contributed by atoms with E-state index in [1.54, 1.807) is 0 Å². The van der Waals surface area contributed by atoms with E-state index in [0.717, 1.165) is 50.1 Å². The fourth-order valence-electron chi connectivity index (χ4n) is 7.72. The first-order valence-electron chi connectivity index (χ1n) is 17.8. The predicted octanol–water partition coefficient (Wildman–Crippen LogP) is 14.4. The van der Waals surface area contributed by atoms with Gasteiger partial charge in [-0.25, -0.2) is 0 Å². The Morgan fingerprint density at radius 3 is 1.54 bits per heavy atom. The topological polar surface area (TPSA) is 16.4 Å². The Morgan fingerprint density at radius 1 is 0.308 bits per heavy atom. The molecular formula is C50H33NO. The summed E-state index contributed by atoms with van der Waals surface area (Å²) in [5, 5.41) is 7.04. The van der Waals surface area contributed by atoms with Crippen molar-refractivity contribution in [3.8, 4) is 33.4 Å². The lowest BCUT2D eigenvalue weighted by molar-refractivity contribution is 0.674. The van der Waals surface area contributed by atoms with E-state index in [1.807, 2.05) is 0 Å². The maximum Gasteiger partial charge on any atom is 0.143 e. The van der Waals surface area contributed by atoms with Gasteiger partial charge in [0.15, 0.2) is 0 Å². The summed E-state index contributed by atoms with van der Waals surface area (Å²) in [6, 6.07) is 71.5. The largest absolute Gasteiger partial charge is 0.455 e. The van der Waals surface area contributed by atoms with Crippen molar-refractivity contribution in [3.05, 3.63) is 200 Å². The highest BCUT2D eigenvalue weighted by atomic mass is 16.3. The van der Waals surface area contributed by atoms with Gasteiger partial charge >= 0.3 is 0 Å². The quantitative estimate of drug-likeness (QED) is 0.165. The summed E-state index contributed by atoms with van der Waals surface area (Å²) >= 11 is 0. The fourth-order valence-corrected chi connectivity index (χ4v) is 7.72. The minimum Gasteiger partial charge on any atom is -0.455 e. The molecule has 1 heterocycles. The van der Waals surface area contributed by atoms with E-state index in [9.17, 15) is 0 Å². The van der Waals surface area contributed by atoms with Gasteiger partial charge in [-0.3, -0.25) is 0 Å². The highest BCUT2D eigenvalue weighted by Gasteiger charge is 2.18. The summed E-state index contributed by atoms with van der Waals surface area (Å²) in [7, 11) is 0. The molecule has 0 unspecified atom stereocenters. The second kappa shape index (κ2) is 12.5. The minimum atomic E-state index is 0.911. The molecule has 0 spiro atoms. The van der Waals surface area contributed by atoms with Crippen LogP contribution in [0.15, 0.2) is 205 Å². The van der Waals surface area contributed by atoms with Crippen molar-refractivity contribution in [2.45, 2.75) is 0 Å². The molecule has 0 saturated carbocycles. The average molecular weight is 664 g/mol. The highest BCUT2D eigenvalue weighted by Crippen LogP contribution is 2.43. The molecule has 244 valence electrons. The molecule has 0 saturated heterocycles.